The normalized spacial score (nSPS) is 32.9. The zero-order valence-corrected chi connectivity index (χ0v) is 32.2. The standard InChI is InChI=1S/C45H61N3OP/c1-32(2)16-15-17-33(3)39-26-27-40-38-25-24-34-30-43(49)42(31-45(34,5)41(38)28-29-44(39,40)4)48(47-46)50(35-18-9-6-10-19-35,36-20-11-7-12-21-36)37-22-13-8-14-23-37/h6-14,18-23,32-34,38-42,46H,15-17,24-31H2,1-5H3/q+1/t33-,34+,38+,39-,40+,41+,42-,44-,45+/m1/s1. The third-order valence-electron chi connectivity index (χ3n) is 14.8. The second-order valence-electron chi connectivity index (χ2n) is 17.6. The van der Waals surface area contributed by atoms with Crippen LogP contribution in [-0.2, 0) is 4.79 Å². The highest BCUT2D eigenvalue weighted by Gasteiger charge is 2.64. The van der Waals surface area contributed by atoms with Gasteiger partial charge in [0.25, 0.3) is 0 Å². The Morgan fingerprint density at radius 1 is 0.760 bits per heavy atom. The average Bonchev–Trinajstić information content (AvgIpc) is 3.49. The molecule has 4 aliphatic carbocycles. The first-order valence-corrected chi connectivity index (χ1v) is 21.6. The SMILES string of the molecule is CC(C)CCC[C@@H](C)[C@H]1CC[C@H]2[C@@H]3CC[C@H]4CC(=O)[C@H](N(N=N)[P+](c5ccccc5)(c5ccccc5)c5ccccc5)C[C@]4(C)[C@H]3CC[C@]12C. The largest absolute Gasteiger partial charge is 0.297 e. The highest BCUT2D eigenvalue weighted by Crippen LogP contribution is 2.70. The topological polar surface area (TPSA) is 56.5 Å². The van der Waals surface area contributed by atoms with Crippen LogP contribution in [0.5, 0.6) is 0 Å². The number of nitrogens with zero attached hydrogens (tertiary/aromatic N) is 2. The lowest BCUT2D eigenvalue weighted by Crippen LogP contribution is -2.59. The number of benzene rings is 3. The van der Waals surface area contributed by atoms with E-state index >= 15 is 0 Å². The van der Waals surface area contributed by atoms with Gasteiger partial charge in [0.05, 0.1) is 0 Å². The summed E-state index contributed by atoms with van der Waals surface area (Å²) in [4.78, 5) is 14.6. The number of hydrogen-bond acceptors (Lipinski definition) is 3. The molecule has 0 unspecified atom stereocenters. The molecule has 0 bridgehead atoms. The monoisotopic (exact) mass is 690 g/mol. The predicted molar refractivity (Wildman–Crippen MR) is 209 cm³/mol. The molecule has 0 amide bonds. The maximum atomic E-state index is 14.6. The summed E-state index contributed by atoms with van der Waals surface area (Å²) in [6.45, 7) is 12.5. The van der Waals surface area contributed by atoms with E-state index in [0.717, 1.165) is 51.9 Å². The van der Waals surface area contributed by atoms with E-state index in [9.17, 15) is 4.79 Å². The van der Waals surface area contributed by atoms with Gasteiger partial charge in [-0.2, -0.15) is 5.53 Å². The van der Waals surface area contributed by atoms with Crippen molar-refractivity contribution in [3.8, 4) is 0 Å². The van der Waals surface area contributed by atoms with Gasteiger partial charge in [-0.1, -0.05) is 108 Å². The Kier molecular flexibility index (Phi) is 10.2. The Bertz CT molecular complexity index is 1520. The smallest absolute Gasteiger partial charge is 0.225 e. The maximum absolute atomic E-state index is 14.6. The van der Waals surface area contributed by atoms with Crippen molar-refractivity contribution in [2.45, 2.75) is 111 Å². The van der Waals surface area contributed by atoms with Crippen LogP contribution in [0.25, 0.3) is 0 Å². The minimum atomic E-state index is -2.69. The number of Topliss-reactive ketones (excluding diaryl/α,β-unsaturated/α-hetero) is 1. The molecule has 266 valence electrons. The first-order chi connectivity index (χ1) is 24.1. The van der Waals surface area contributed by atoms with Gasteiger partial charge in [-0.05, 0) is 139 Å². The lowest BCUT2D eigenvalue weighted by Gasteiger charge is -2.61. The van der Waals surface area contributed by atoms with Crippen LogP contribution >= 0.6 is 7.41 Å². The fraction of sp³-hybridized carbons (Fsp3) is 0.578. The summed E-state index contributed by atoms with van der Waals surface area (Å²) in [5.41, 5.74) is 9.46. The summed E-state index contributed by atoms with van der Waals surface area (Å²) < 4.78 is 2.04. The minimum Gasteiger partial charge on any atom is -0.297 e. The molecule has 0 aromatic heterocycles. The van der Waals surface area contributed by atoms with Gasteiger partial charge in [0.1, 0.15) is 22.0 Å². The quantitative estimate of drug-likeness (QED) is 0.124. The molecule has 4 nitrogen and oxygen atoms in total. The highest BCUT2D eigenvalue weighted by atomic mass is 31.2. The van der Waals surface area contributed by atoms with Crippen LogP contribution in [0.4, 0.5) is 0 Å². The molecule has 4 aliphatic rings. The highest BCUT2D eigenvalue weighted by molar-refractivity contribution is 7.93. The molecule has 1 N–H and O–H groups in total. The molecule has 0 spiro atoms. The van der Waals surface area contributed by atoms with Crippen molar-refractivity contribution in [3.63, 3.8) is 0 Å². The van der Waals surface area contributed by atoms with E-state index in [2.05, 4.69) is 131 Å². The summed E-state index contributed by atoms with van der Waals surface area (Å²) in [6.07, 6.45) is 13.4. The van der Waals surface area contributed by atoms with Crippen LogP contribution in [0.2, 0.25) is 0 Å². The van der Waals surface area contributed by atoms with Crippen molar-refractivity contribution >= 4 is 29.1 Å². The number of rotatable bonds is 11. The lowest BCUT2D eigenvalue weighted by molar-refractivity contribution is -0.148. The molecule has 3 aromatic carbocycles. The van der Waals surface area contributed by atoms with E-state index in [0.29, 0.717) is 23.7 Å². The van der Waals surface area contributed by atoms with Crippen molar-refractivity contribution in [2.24, 2.45) is 57.5 Å². The molecular weight excluding hydrogens is 629 g/mol. The van der Waals surface area contributed by atoms with E-state index in [4.69, 9.17) is 5.53 Å². The first kappa shape index (κ1) is 35.6. The van der Waals surface area contributed by atoms with Crippen LogP contribution in [-0.4, -0.2) is 16.6 Å². The number of nitrogens with one attached hydrogen (secondary N) is 1. The average molecular weight is 691 g/mol. The molecule has 3 aromatic rings. The van der Waals surface area contributed by atoms with Gasteiger partial charge in [0.2, 0.25) is 7.41 Å². The minimum absolute atomic E-state index is 0.0620. The zero-order chi connectivity index (χ0) is 35.1. The summed E-state index contributed by atoms with van der Waals surface area (Å²) in [5.74, 6) is 5.34. The third kappa shape index (κ3) is 5.90. The van der Waals surface area contributed by atoms with E-state index in [1.165, 1.54) is 57.8 Å². The van der Waals surface area contributed by atoms with E-state index in [1.54, 1.807) is 0 Å². The number of fused-ring (bicyclic) bond motifs is 5. The second-order valence-corrected chi connectivity index (χ2v) is 20.9. The van der Waals surface area contributed by atoms with Crippen molar-refractivity contribution in [3.05, 3.63) is 91.0 Å². The van der Waals surface area contributed by atoms with Crippen LogP contribution < -0.4 is 15.9 Å². The van der Waals surface area contributed by atoms with Gasteiger partial charge in [0, 0.05) is 6.42 Å². The molecule has 0 heterocycles. The predicted octanol–water partition coefficient (Wildman–Crippen LogP) is 10.8. The number of hydrogen-bond donors (Lipinski definition) is 1. The van der Waals surface area contributed by atoms with Gasteiger partial charge in [-0.25, -0.2) is 0 Å². The molecule has 0 saturated heterocycles. The molecule has 5 heteroatoms. The number of ketones is 1. The molecule has 0 radical (unpaired) electrons. The molecule has 9 atom stereocenters. The van der Waals surface area contributed by atoms with E-state index < -0.39 is 13.5 Å². The van der Waals surface area contributed by atoms with Crippen LogP contribution in [0, 0.1) is 57.8 Å². The van der Waals surface area contributed by atoms with E-state index in [-0.39, 0.29) is 11.2 Å². The van der Waals surface area contributed by atoms with Gasteiger partial charge in [-0.3, -0.25) is 4.79 Å². The summed E-state index contributed by atoms with van der Waals surface area (Å²) in [7, 11) is -2.69. The molecular formula is C45H61N3OP+. The summed E-state index contributed by atoms with van der Waals surface area (Å²) >= 11 is 0. The number of carbonyl (C=O) groups excluding carboxylic acids is 1. The Morgan fingerprint density at radius 2 is 1.32 bits per heavy atom. The van der Waals surface area contributed by atoms with Crippen molar-refractivity contribution in [1.29, 1.82) is 5.53 Å². The Labute approximate surface area is 303 Å². The molecule has 50 heavy (non-hydrogen) atoms. The third-order valence-corrected chi connectivity index (χ3v) is 18.9. The van der Waals surface area contributed by atoms with Crippen LogP contribution in [0.3, 0.4) is 0 Å². The fourth-order valence-electron chi connectivity index (χ4n) is 12.4. The maximum Gasteiger partial charge on any atom is 0.225 e. The molecule has 4 saturated carbocycles. The van der Waals surface area contributed by atoms with Crippen molar-refractivity contribution in [1.82, 2.24) is 4.78 Å². The Morgan fingerprint density at radius 3 is 1.86 bits per heavy atom. The van der Waals surface area contributed by atoms with Gasteiger partial charge in [-0.15, -0.1) is 4.78 Å². The Balaban J connectivity index is 1.24. The molecule has 4 fully saturated rings. The van der Waals surface area contributed by atoms with Crippen LogP contribution in [0.1, 0.15) is 105 Å². The van der Waals surface area contributed by atoms with Gasteiger partial charge in [0.15, 0.2) is 5.78 Å². The summed E-state index contributed by atoms with van der Waals surface area (Å²) in [5, 5.41) is 7.90. The van der Waals surface area contributed by atoms with Gasteiger partial charge >= 0.3 is 0 Å². The Hall–Kier alpha value is -2.84. The van der Waals surface area contributed by atoms with E-state index in [1.807, 2.05) is 4.78 Å². The second kappa shape index (κ2) is 14.3. The zero-order valence-electron chi connectivity index (χ0n) is 31.3. The van der Waals surface area contributed by atoms with Crippen LogP contribution in [0.15, 0.2) is 96.2 Å². The lowest BCUT2D eigenvalue weighted by atomic mass is 9.44. The number of carbonyl (C=O) groups is 1. The van der Waals surface area contributed by atoms with Crippen molar-refractivity contribution in [2.75, 3.05) is 0 Å². The molecule has 0 aliphatic heterocycles. The fourth-order valence-corrected chi connectivity index (χ4v) is 16.6. The summed E-state index contributed by atoms with van der Waals surface area (Å²) in [6, 6.07) is 31.5. The van der Waals surface area contributed by atoms with Crippen molar-refractivity contribution < 1.29 is 4.79 Å². The van der Waals surface area contributed by atoms with Gasteiger partial charge < -0.3 is 0 Å². The molecule has 7 rings (SSSR count). The first-order valence-electron chi connectivity index (χ1n) is 19.9.